The lowest BCUT2D eigenvalue weighted by molar-refractivity contribution is -0.488. The molecular formula is C15H31N2O+. The first kappa shape index (κ1) is 17.1. The van der Waals surface area contributed by atoms with Crippen LogP contribution in [0.4, 0.5) is 0 Å². The Morgan fingerprint density at radius 2 is 2.00 bits per heavy atom. The molecule has 0 rings (SSSR count). The minimum atomic E-state index is 0.209. The van der Waals surface area contributed by atoms with Crippen LogP contribution in [0.1, 0.15) is 59.3 Å². The predicted octanol–water partition coefficient (Wildman–Crippen LogP) is 2.83. The molecule has 0 aromatic rings. The Kier molecular flexibility index (Phi) is 9.62. The molecule has 1 N–H and O–H groups in total. The SMILES string of the molecule is C=[N+](C)CCCCC(=O)NC(CCC)C(C)CC. The molecule has 0 bridgehead atoms. The van der Waals surface area contributed by atoms with Crippen molar-refractivity contribution in [2.24, 2.45) is 5.92 Å². The van der Waals surface area contributed by atoms with Crippen molar-refractivity contribution >= 4 is 12.6 Å². The summed E-state index contributed by atoms with van der Waals surface area (Å²) in [5, 5.41) is 3.19. The number of carbonyl (C=O) groups excluding carboxylic acids is 1. The van der Waals surface area contributed by atoms with Crippen LogP contribution in [0.15, 0.2) is 0 Å². The number of hydrogen-bond acceptors (Lipinski definition) is 1. The molecule has 0 aromatic carbocycles. The van der Waals surface area contributed by atoms with E-state index in [1.807, 2.05) is 11.6 Å². The van der Waals surface area contributed by atoms with E-state index in [4.69, 9.17) is 0 Å². The van der Waals surface area contributed by atoms with Gasteiger partial charge in [-0.25, -0.2) is 4.58 Å². The molecule has 18 heavy (non-hydrogen) atoms. The summed E-state index contributed by atoms with van der Waals surface area (Å²) in [5.74, 6) is 0.778. The van der Waals surface area contributed by atoms with E-state index in [9.17, 15) is 4.79 Å². The lowest BCUT2D eigenvalue weighted by Crippen LogP contribution is -2.39. The summed E-state index contributed by atoms with van der Waals surface area (Å²) in [6.45, 7) is 11.3. The Labute approximate surface area is 113 Å². The van der Waals surface area contributed by atoms with Crippen LogP contribution in [0.5, 0.6) is 0 Å². The number of hydrogen-bond donors (Lipinski definition) is 1. The van der Waals surface area contributed by atoms with Gasteiger partial charge in [0.2, 0.25) is 5.91 Å². The highest BCUT2D eigenvalue weighted by molar-refractivity contribution is 5.76. The molecule has 0 saturated carbocycles. The third-order valence-corrected chi connectivity index (χ3v) is 3.47. The Hall–Kier alpha value is -0.860. The summed E-state index contributed by atoms with van der Waals surface area (Å²) in [5.41, 5.74) is 0. The van der Waals surface area contributed by atoms with E-state index in [0.717, 1.165) is 38.6 Å². The summed E-state index contributed by atoms with van der Waals surface area (Å²) in [4.78, 5) is 11.9. The maximum absolute atomic E-state index is 11.9. The summed E-state index contributed by atoms with van der Waals surface area (Å²) >= 11 is 0. The summed E-state index contributed by atoms with van der Waals surface area (Å²) in [6.07, 6.45) is 5.96. The normalized spacial score (nSPS) is 14.0. The summed E-state index contributed by atoms with van der Waals surface area (Å²) in [7, 11) is 1.96. The van der Waals surface area contributed by atoms with Gasteiger partial charge in [0.1, 0.15) is 20.3 Å². The topological polar surface area (TPSA) is 32.1 Å². The maximum Gasteiger partial charge on any atom is 0.220 e. The fourth-order valence-corrected chi connectivity index (χ4v) is 2.04. The van der Waals surface area contributed by atoms with E-state index < -0.39 is 0 Å². The van der Waals surface area contributed by atoms with Crippen LogP contribution in [0.25, 0.3) is 0 Å². The monoisotopic (exact) mass is 255 g/mol. The van der Waals surface area contributed by atoms with Gasteiger partial charge in [-0.15, -0.1) is 0 Å². The first-order chi connectivity index (χ1) is 8.51. The minimum Gasteiger partial charge on any atom is -0.353 e. The van der Waals surface area contributed by atoms with Gasteiger partial charge in [-0.2, -0.15) is 0 Å². The fraction of sp³-hybridized carbons (Fsp3) is 0.867. The Bertz CT molecular complexity index is 251. The molecule has 3 heteroatoms. The van der Waals surface area contributed by atoms with Gasteiger partial charge in [-0.3, -0.25) is 4.79 Å². The highest BCUT2D eigenvalue weighted by Gasteiger charge is 2.16. The van der Waals surface area contributed by atoms with Crippen molar-refractivity contribution in [2.45, 2.75) is 65.3 Å². The van der Waals surface area contributed by atoms with Crippen LogP contribution < -0.4 is 5.32 Å². The van der Waals surface area contributed by atoms with Crippen molar-refractivity contribution in [3.05, 3.63) is 0 Å². The van der Waals surface area contributed by atoms with E-state index in [1.165, 1.54) is 0 Å². The molecule has 0 aliphatic rings. The molecule has 106 valence electrons. The average molecular weight is 255 g/mol. The molecule has 0 spiro atoms. The second kappa shape index (κ2) is 10.1. The van der Waals surface area contributed by atoms with Gasteiger partial charge in [0.15, 0.2) is 0 Å². The minimum absolute atomic E-state index is 0.209. The van der Waals surface area contributed by atoms with Crippen molar-refractivity contribution in [2.75, 3.05) is 13.6 Å². The van der Waals surface area contributed by atoms with Crippen molar-refractivity contribution in [3.63, 3.8) is 0 Å². The van der Waals surface area contributed by atoms with Crippen LogP contribution in [0.3, 0.4) is 0 Å². The number of amides is 1. The third kappa shape index (κ3) is 8.26. The highest BCUT2D eigenvalue weighted by Crippen LogP contribution is 2.13. The molecule has 0 aliphatic heterocycles. The fourth-order valence-electron chi connectivity index (χ4n) is 2.04. The largest absolute Gasteiger partial charge is 0.353 e. The molecule has 1 amide bonds. The Morgan fingerprint density at radius 1 is 1.33 bits per heavy atom. The van der Waals surface area contributed by atoms with Crippen molar-refractivity contribution in [3.8, 4) is 0 Å². The zero-order valence-electron chi connectivity index (χ0n) is 12.7. The molecular weight excluding hydrogens is 224 g/mol. The van der Waals surface area contributed by atoms with Crippen LogP contribution in [0.2, 0.25) is 0 Å². The predicted molar refractivity (Wildman–Crippen MR) is 78.3 cm³/mol. The quantitative estimate of drug-likeness (QED) is 0.363. The second-order valence-corrected chi connectivity index (χ2v) is 5.38. The highest BCUT2D eigenvalue weighted by atomic mass is 16.1. The smallest absolute Gasteiger partial charge is 0.220 e. The van der Waals surface area contributed by atoms with Gasteiger partial charge in [-0.1, -0.05) is 33.6 Å². The van der Waals surface area contributed by atoms with Gasteiger partial charge in [0.05, 0.1) is 0 Å². The van der Waals surface area contributed by atoms with E-state index in [0.29, 0.717) is 18.4 Å². The van der Waals surface area contributed by atoms with Gasteiger partial charge in [0.25, 0.3) is 0 Å². The lowest BCUT2D eigenvalue weighted by atomic mass is 9.95. The van der Waals surface area contributed by atoms with Crippen LogP contribution in [-0.4, -0.2) is 36.8 Å². The molecule has 2 unspecified atom stereocenters. The zero-order chi connectivity index (χ0) is 14.0. The lowest BCUT2D eigenvalue weighted by Gasteiger charge is -2.23. The molecule has 0 aliphatic carbocycles. The molecule has 0 fully saturated rings. The van der Waals surface area contributed by atoms with Crippen molar-refractivity contribution < 1.29 is 9.37 Å². The number of nitrogens with zero attached hydrogens (tertiary/aromatic N) is 1. The number of carbonyl (C=O) groups is 1. The van der Waals surface area contributed by atoms with Crippen LogP contribution >= 0.6 is 0 Å². The summed E-state index contributed by atoms with van der Waals surface area (Å²) in [6, 6.07) is 0.350. The Balaban J connectivity index is 3.91. The van der Waals surface area contributed by atoms with Crippen molar-refractivity contribution in [1.29, 1.82) is 0 Å². The number of rotatable bonds is 10. The second-order valence-electron chi connectivity index (χ2n) is 5.38. The number of unbranched alkanes of at least 4 members (excludes halogenated alkanes) is 1. The van der Waals surface area contributed by atoms with Crippen LogP contribution in [0, 0.1) is 5.92 Å². The zero-order valence-corrected chi connectivity index (χ0v) is 12.7. The van der Waals surface area contributed by atoms with E-state index in [2.05, 4.69) is 32.8 Å². The van der Waals surface area contributed by atoms with Gasteiger partial charge in [-0.05, 0) is 18.8 Å². The standard InChI is InChI=1S/C15H30N2O/c1-6-10-14(13(3)7-2)16-15(18)11-8-9-12-17(4)5/h13-14H,4,6-12H2,1-3,5H3/p+1. The third-order valence-electron chi connectivity index (χ3n) is 3.47. The van der Waals surface area contributed by atoms with E-state index >= 15 is 0 Å². The first-order valence-corrected chi connectivity index (χ1v) is 7.32. The molecule has 0 heterocycles. The summed E-state index contributed by atoms with van der Waals surface area (Å²) < 4.78 is 1.91. The Morgan fingerprint density at radius 3 is 2.50 bits per heavy atom. The molecule has 3 nitrogen and oxygen atoms in total. The van der Waals surface area contributed by atoms with Crippen LogP contribution in [-0.2, 0) is 4.79 Å². The molecule has 0 aromatic heterocycles. The molecule has 2 atom stereocenters. The van der Waals surface area contributed by atoms with Crippen molar-refractivity contribution in [1.82, 2.24) is 5.32 Å². The first-order valence-electron chi connectivity index (χ1n) is 7.32. The van der Waals surface area contributed by atoms with Gasteiger partial charge >= 0.3 is 0 Å². The van der Waals surface area contributed by atoms with E-state index in [1.54, 1.807) is 0 Å². The van der Waals surface area contributed by atoms with Gasteiger partial charge in [0, 0.05) is 18.9 Å². The van der Waals surface area contributed by atoms with Gasteiger partial charge < -0.3 is 5.32 Å². The molecule has 0 radical (unpaired) electrons. The number of nitrogens with one attached hydrogen (secondary N) is 1. The maximum atomic E-state index is 11.9. The molecule has 0 saturated heterocycles. The van der Waals surface area contributed by atoms with E-state index in [-0.39, 0.29) is 5.91 Å². The average Bonchev–Trinajstić information content (AvgIpc) is 2.33.